The van der Waals surface area contributed by atoms with E-state index in [4.69, 9.17) is 0 Å². The predicted molar refractivity (Wildman–Crippen MR) is 72.2 cm³/mol. The van der Waals surface area contributed by atoms with Gasteiger partial charge in [-0.2, -0.15) is 0 Å². The zero-order chi connectivity index (χ0) is 12.7. The summed E-state index contributed by atoms with van der Waals surface area (Å²) < 4.78 is 0. The molecule has 0 aromatic carbocycles. The average Bonchev–Trinajstić information content (AvgIpc) is 3.06. The van der Waals surface area contributed by atoms with Gasteiger partial charge in [-0.15, -0.1) is 0 Å². The molecule has 3 aliphatic rings. The maximum Gasteiger partial charge on any atom is 0.240 e. The lowest BCUT2D eigenvalue weighted by atomic mass is 9.83. The quantitative estimate of drug-likeness (QED) is 0.828. The molecule has 2 bridgehead atoms. The standard InChI is InChI=1S/C15H26N2O/c1-3-16-14-6-7-17(15(14)18)10(2)13-9-11-4-5-12(13)8-11/h10-14,16H,3-9H2,1-2H3. The normalized spacial score (nSPS) is 40.8. The number of carbonyl (C=O) groups excluding carboxylic acids is 1. The minimum atomic E-state index is 0.0936. The summed E-state index contributed by atoms with van der Waals surface area (Å²) in [6.07, 6.45) is 6.67. The molecule has 1 amide bonds. The highest BCUT2D eigenvalue weighted by Gasteiger charge is 2.45. The Morgan fingerprint density at radius 2 is 2.17 bits per heavy atom. The number of hydrogen-bond donors (Lipinski definition) is 1. The molecule has 2 aliphatic carbocycles. The van der Waals surface area contributed by atoms with Gasteiger partial charge in [-0.25, -0.2) is 0 Å². The lowest BCUT2D eigenvalue weighted by molar-refractivity contribution is -0.132. The van der Waals surface area contributed by atoms with Crippen LogP contribution >= 0.6 is 0 Å². The first-order chi connectivity index (χ1) is 8.70. The molecule has 0 spiro atoms. The second-order valence-corrected chi connectivity index (χ2v) is 6.51. The molecule has 1 heterocycles. The van der Waals surface area contributed by atoms with Crippen LogP contribution in [0.2, 0.25) is 0 Å². The number of likely N-dealkylation sites (tertiary alicyclic amines) is 1. The zero-order valence-corrected chi connectivity index (χ0v) is 11.7. The van der Waals surface area contributed by atoms with E-state index in [1.165, 1.54) is 25.7 Å². The van der Waals surface area contributed by atoms with E-state index in [-0.39, 0.29) is 6.04 Å². The van der Waals surface area contributed by atoms with Gasteiger partial charge in [0.15, 0.2) is 0 Å². The molecule has 1 saturated heterocycles. The van der Waals surface area contributed by atoms with Crippen molar-refractivity contribution in [2.24, 2.45) is 17.8 Å². The van der Waals surface area contributed by atoms with Gasteiger partial charge < -0.3 is 10.2 Å². The van der Waals surface area contributed by atoms with Gasteiger partial charge in [-0.1, -0.05) is 13.3 Å². The number of fused-ring (bicyclic) bond motifs is 2. The molecular formula is C15H26N2O. The van der Waals surface area contributed by atoms with Gasteiger partial charge in [-0.3, -0.25) is 4.79 Å². The van der Waals surface area contributed by atoms with Crippen LogP contribution in [0, 0.1) is 17.8 Å². The first kappa shape index (κ1) is 12.5. The average molecular weight is 250 g/mol. The van der Waals surface area contributed by atoms with Crippen molar-refractivity contribution in [1.82, 2.24) is 10.2 Å². The van der Waals surface area contributed by atoms with Crippen molar-refractivity contribution in [3.05, 3.63) is 0 Å². The SMILES string of the molecule is CCNC1CCN(C(C)C2CC3CCC2C3)C1=O. The Morgan fingerprint density at radius 3 is 2.78 bits per heavy atom. The van der Waals surface area contributed by atoms with Crippen LogP contribution in [-0.4, -0.2) is 36.0 Å². The number of nitrogens with one attached hydrogen (secondary N) is 1. The van der Waals surface area contributed by atoms with Crippen LogP contribution < -0.4 is 5.32 Å². The molecule has 1 N–H and O–H groups in total. The van der Waals surface area contributed by atoms with Crippen LogP contribution in [0.5, 0.6) is 0 Å². The number of likely N-dealkylation sites (N-methyl/N-ethyl adjacent to an activating group) is 1. The summed E-state index contributed by atoms with van der Waals surface area (Å²) >= 11 is 0. The Balaban J connectivity index is 1.63. The topological polar surface area (TPSA) is 32.3 Å². The van der Waals surface area contributed by atoms with E-state index >= 15 is 0 Å². The Hall–Kier alpha value is -0.570. The Morgan fingerprint density at radius 1 is 1.33 bits per heavy atom. The third-order valence-corrected chi connectivity index (χ3v) is 5.59. The summed E-state index contributed by atoms with van der Waals surface area (Å²) in [6, 6.07) is 0.562. The van der Waals surface area contributed by atoms with Crippen molar-refractivity contribution in [3.63, 3.8) is 0 Å². The molecule has 3 heteroatoms. The Bertz CT molecular complexity index is 330. The second kappa shape index (κ2) is 4.84. The van der Waals surface area contributed by atoms with Crippen LogP contribution in [0.1, 0.15) is 46.0 Å². The number of rotatable bonds is 4. The van der Waals surface area contributed by atoms with Crippen molar-refractivity contribution in [3.8, 4) is 0 Å². The molecule has 2 saturated carbocycles. The van der Waals surface area contributed by atoms with Gasteiger partial charge >= 0.3 is 0 Å². The van der Waals surface area contributed by atoms with Crippen molar-refractivity contribution in [2.75, 3.05) is 13.1 Å². The molecule has 5 unspecified atom stereocenters. The van der Waals surface area contributed by atoms with Crippen LogP contribution in [0.3, 0.4) is 0 Å². The minimum absolute atomic E-state index is 0.0936. The van der Waals surface area contributed by atoms with Gasteiger partial charge in [0.05, 0.1) is 6.04 Å². The monoisotopic (exact) mass is 250 g/mol. The Kier molecular flexibility index (Phi) is 3.35. The van der Waals surface area contributed by atoms with Gasteiger partial charge in [0, 0.05) is 12.6 Å². The summed E-state index contributed by atoms with van der Waals surface area (Å²) in [5.74, 6) is 3.03. The van der Waals surface area contributed by atoms with Crippen molar-refractivity contribution in [1.29, 1.82) is 0 Å². The molecule has 0 aromatic rings. The fourth-order valence-electron chi connectivity index (χ4n) is 4.66. The summed E-state index contributed by atoms with van der Waals surface area (Å²) in [6.45, 7) is 6.23. The van der Waals surface area contributed by atoms with E-state index in [2.05, 4.69) is 24.1 Å². The summed E-state index contributed by atoms with van der Waals surface area (Å²) in [4.78, 5) is 14.5. The molecule has 18 heavy (non-hydrogen) atoms. The Labute approximate surface area is 110 Å². The lowest BCUT2D eigenvalue weighted by Crippen LogP contribution is -2.45. The third-order valence-electron chi connectivity index (χ3n) is 5.59. The lowest BCUT2D eigenvalue weighted by Gasteiger charge is -2.34. The second-order valence-electron chi connectivity index (χ2n) is 6.51. The molecule has 102 valence electrons. The first-order valence-electron chi connectivity index (χ1n) is 7.74. The highest BCUT2D eigenvalue weighted by molar-refractivity contribution is 5.84. The van der Waals surface area contributed by atoms with Gasteiger partial charge in [0.1, 0.15) is 0 Å². The van der Waals surface area contributed by atoms with Gasteiger partial charge in [0.2, 0.25) is 5.91 Å². The molecule has 0 radical (unpaired) electrons. The highest BCUT2D eigenvalue weighted by atomic mass is 16.2. The van der Waals surface area contributed by atoms with Crippen molar-refractivity contribution in [2.45, 2.75) is 58.0 Å². The molecule has 3 fully saturated rings. The number of nitrogens with zero attached hydrogens (tertiary/aromatic N) is 1. The summed E-state index contributed by atoms with van der Waals surface area (Å²) in [7, 11) is 0. The van der Waals surface area contributed by atoms with E-state index in [9.17, 15) is 4.79 Å². The van der Waals surface area contributed by atoms with Gasteiger partial charge in [0.25, 0.3) is 0 Å². The number of hydrogen-bond acceptors (Lipinski definition) is 2. The first-order valence-corrected chi connectivity index (χ1v) is 7.74. The summed E-state index contributed by atoms with van der Waals surface area (Å²) in [5, 5.41) is 3.31. The van der Waals surface area contributed by atoms with E-state index < -0.39 is 0 Å². The predicted octanol–water partition coefficient (Wildman–Crippen LogP) is 2.02. The van der Waals surface area contributed by atoms with E-state index in [0.29, 0.717) is 11.9 Å². The molecule has 1 aliphatic heterocycles. The fraction of sp³-hybridized carbons (Fsp3) is 0.933. The van der Waals surface area contributed by atoms with Crippen molar-refractivity contribution >= 4 is 5.91 Å². The number of carbonyl (C=O) groups is 1. The van der Waals surface area contributed by atoms with E-state index in [0.717, 1.165) is 37.3 Å². The smallest absolute Gasteiger partial charge is 0.240 e. The molecule has 5 atom stereocenters. The van der Waals surface area contributed by atoms with Crippen LogP contribution in [0.4, 0.5) is 0 Å². The third kappa shape index (κ3) is 1.97. The zero-order valence-electron chi connectivity index (χ0n) is 11.7. The van der Waals surface area contributed by atoms with E-state index in [1.807, 2.05) is 0 Å². The fourth-order valence-corrected chi connectivity index (χ4v) is 4.66. The molecular weight excluding hydrogens is 224 g/mol. The summed E-state index contributed by atoms with van der Waals surface area (Å²) in [5.41, 5.74) is 0. The number of amides is 1. The van der Waals surface area contributed by atoms with E-state index in [1.54, 1.807) is 0 Å². The maximum atomic E-state index is 12.4. The molecule has 0 aromatic heterocycles. The van der Waals surface area contributed by atoms with Crippen LogP contribution in [0.25, 0.3) is 0 Å². The maximum absolute atomic E-state index is 12.4. The largest absolute Gasteiger partial charge is 0.338 e. The highest BCUT2D eigenvalue weighted by Crippen LogP contribution is 2.50. The van der Waals surface area contributed by atoms with Crippen LogP contribution in [0.15, 0.2) is 0 Å². The molecule has 3 nitrogen and oxygen atoms in total. The molecule has 3 rings (SSSR count). The van der Waals surface area contributed by atoms with Crippen LogP contribution in [-0.2, 0) is 4.79 Å². The van der Waals surface area contributed by atoms with Crippen molar-refractivity contribution < 1.29 is 4.79 Å². The van der Waals surface area contributed by atoms with Gasteiger partial charge in [-0.05, 0) is 56.9 Å². The minimum Gasteiger partial charge on any atom is -0.338 e.